The van der Waals surface area contributed by atoms with Crippen LogP contribution < -0.4 is 0 Å². The molecule has 1 fully saturated rings. The summed E-state index contributed by atoms with van der Waals surface area (Å²) in [4.78, 5) is 23.3. The number of hydrogen-bond donors (Lipinski definition) is 2. The van der Waals surface area contributed by atoms with Gasteiger partial charge in [-0.15, -0.1) is 0 Å². The maximum atomic E-state index is 11.3. The van der Waals surface area contributed by atoms with E-state index in [1.165, 1.54) is 0 Å². The number of hydrogen-bond acceptors (Lipinski definition) is 4. The van der Waals surface area contributed by atoms with E-state index < -0.39 is 29.9 Å². The summed E-state index contributed by atoms with van der Waals surface area (Å²) >= 11 is 0. The van der Waals surface area contributed by atoms with Crippen LogP contribution in [0.3, 0.4) is 0 Å². The predicted molar refractivity (Wildman–Crippen MR) is 50.1 cm³/mol. The number of carbonyl (C=O) groups is 2. The fourth-order valence-electron chi connectivity index (χ4n) is 1.65. The van der Waals surface area contributed by atoms with Crippen molar-refractivity contribution in [2.45, 2.75) is 45.1 Å². The molecule has 1 rings (SSSR count). The molecule has 0 aliphatic carbocycles. The van der Waals surface area contributed by atoms with Gasteiger partial charge in [0.1, 0.15) is 6.04 Å². The summed E-state index contributed by atoms with van der Waals surface area (Å²) in [5, 5.41) is 18.1. The Morgan fingerprint density at radius 2 is 2.07 bits per heavy atom. The highest BCUT2D eigenvalue weighted by Crippen LogP contribution is 2.25. The van der Waals surface area contributed by atoms with Crippen LogP contribution in [0.4, 0.5) is 4.79 Å². The van der Waals surface area contributed by atoms with E-state index in [0.717, 1.165) is 4.90 Å². The Kier molecular flexibility index (Phi) is 2.90. The van der Waals surface area contributed by atoms with E-state index in [1.54, 1.807) is 20.8 Å². The highest BCUT2D eigenvalue weighted by molar-refractivity contribution is 5.82. The Morgan fingerprint density at radius 3 is 2.33 bits per heavy atom. The van der Waals surface area contributed by atoms with Crippen LogP contribution in [0.2, 0.25) is 0 Å². The van der Waals surface area contributed by atoms with Gasteiger partial charge >= 0.3 is 12.1 Å². The Labute approximate surface area is 87.4 Å². The zero-order valence-electron chi connectivity index (χ0n) is 8.93. The SMILES string of the molecule is CC(C)(C)N(C(=O)O)C1CC(O)OC1=O. The highest BCUT2D eigenvalue weighted by Gasteiger charge is 2.44. The molecule has 2 unspecified atom stereocenters. The third kappa shape index (κ3) is 2.38. The van der Waals surface area contributed by atoms with Crippen molar-refractivity contribution in [1.29, 1.82) is 0 Å². The summed E-state index contributed by atoms with van der Waals surface area (Å²) in [7, 11) is 0. The van der Waals surface area contributed by atoms with Crippen LogP contribution in [0.25, 0.3) is 0 Å². The number of rotatable bonds is 1. The molecule has 1 amide bonds. The van der Waals surface area contributed by atoms with E-state index in [2.05, 4.69) is 4.74 Å². The van der Waals surface area contributed by atoms with E-state index in [1.807, 2.05) is 0 Å². The van der Waals surface area contributed by atoms with Crippen molar-refractivity contribution in [2.24, 2.45) is 0 Å². The van der Waals surface area contributed by atoms with Gasteiger partial charge in [0.25, 0.3) is 0 Å². The first-order valence-electron chi connectivity index (χ1n) is 4.64. The van der Waals surface area contributed by atoms with Gasteiger partial charge in [-0.1, -0.05) is 0 Å². The van der Waals surface area contributed by atoms with E-state index in [4.69, 9.17) is 10.2 Å². The molecule has 2 atom stereocenters. The summed E-state index contributed by atoms with van der Waals surface area (Å²) in [5.41, 5.74) is -0.709. The van der Waals surface area contributed by atoms with Crippen LogP contribution >= 0.6 is 0 Å². The molecule has 2 N–H and O–H groups in total. The van der Waals surface area contributed by atoms with Crippen molar-refractivity contribution >= 4 is 12.1 Å². The molecule has 0 bridgehead atoms. The first kappa shape index (κ1) is 11.8. The van der Waals surface area contributed by atoms with Gasteiger partial charge < -0.3 is 14.9 Å². The zero-order chi connectivity index (χ0) is 11.8. The summed E-state index contributed by atoms with van der Waals surface area (Å²) in [6, 6.07) is -0.919. The maximum absolute atomic E-state index is 11.3. The molecule has 6 nitrogen and oxygen atoms in total. The van der Waals surface area contributed by atoms with Gasteiger partial charge in [-0.3, -0.25) is 4.90 Å². The second-order valence-corrected chi connectivity index (χ2v) is 4.47. The molecular weight excluding hydrogens is 202 g/mol. The standard InChI is InChI=1S/C9H15NO5/c1-9(2,3)10(8(13)14)5-4-6(11)15-7(5)12/h5-6,11H,4H2,1-3H3,(H,13,14). The lowest BCUT2D eigenvalue weighted by Gasteiger charge is -2.35. The van der Waals surface area contributed by atoms with Gasteiger partial charge in [0.05, 0.1) is 0 Å². The second-order valence-electron chi connectivity index (χ2n) is 4.47. The summed E-state index contributed by atoms with van der Waals surface area (Å²) in [5.74, 6) is -0.695. The van der Waals surface area contributed by atoms with Crippen LogP contribution in [0.15, 0.2) is 0 Å². The lowest BCUT2D eigenvalue weighted by atomic mass is 10.0. The number of ether oxygens (including phenoxy) is 1. The second kappa shape index (κ2) is 3.69. The number of aliphatic hydroxyl groups is 1. The molecule has 15 heavy (non-hydrogen) atoms. The molecule has 1 aliphatic heterocycles. The largest absolute Gasteiger partial charge is 0.465 e. The molecular formula is C9H15NO5. The van der Waals surface area contributed by atoms with Gasteiger partial charge in [-0.25, -0.2) is 9.59 Å². The maximum Gasteiger partial charge on any atom is 0.408 e. The van der Waals surface area contributed by atoms with Crippen LogP contribution in [0.1, 0.15) is 27.2 Å². The third-order valence-corrected chi connectivity index (χ3v) is 2.19. The van der Waals surface area contributed by atoms with Crippen molar-refractivity contribution in [3.05, 3.63) is 0 Å². The van der Waals surface area contributed by atoms with Crippen molar-refractivity contribution in [3.63, 3.8) is 0 Å². The number of amides is 1. The average Bonchev–Trinajstić information content (AvgIpc) is 2.26. The predicted octanol–water partition coefficient (Wildman–Crippen LogP) is 0.399. The summed E-state index contributed by atoms with van der Waals surface area (Å²) in [6.07, 6.45) is -2.41. The van der Waals surface area contributed by atoms with Gasteiger partial charge in [0.2, 0.25) is 6.29 Å². The molecule has 1 saturated heterocycles. The minimum atomic E-state index is -1.20. The molecule has 6 heteroatoms. The fourth-order valence-corrected chi connectivity index (χ4v) is 1.65. The normalized spacial score (nSPS) is 26.3. The van der Waals surface area contributed by atoms with Crippen LogP contribution in [-0.4, -0.2) is 45.0 Å². The number of cyclic esters (lactones) is 1. The Morgan fingerprint density at radius 1 is 1.53 bits per heavy atom. The van der Waals surface area contributed by atoms with Gasteiger partial charge in [-0.05, 0) is 20.8 Å². The van der Waals surface area contributed by atoms with Crippen molar-refractivity contribution in [3.8, 4) is 0 Å². The Bertz CT molecular complexity index is 283. The third-order valence-electron chi connectivity index (χ3n) is 2.19. The van der Waals surface area contributed by atoms with Gasteiger partial charge in [-0.2, -0.15) is 0 Å². The van der Waals surface area contributed by atoms with E-state index in [-0.39, 0.29) is 6.42 Å². The number of nitrogens with zero attached hydrogens (tertiary/aromatic N) is 1. The first-order valence-corrected chi connectivity index (χ1v) is 4.64. The van der Waals surface area contributed by atoms with Crippen LogP contribution in [-0.2, 0) is 9.53 Å². The lowest BCUT2D eigenvalue weighted by molar-refractivity contribution is -0.156. The first-order chi connectivity index (χ1) is 6.73. The monoisotopic (exact) mass is 217 g/mol. The Hall–Kier alpha value is -1.30. The van der Waals surface area contributed by atoms with Crippen molar-refractivity contribution in [1.82, 2.24) is 4.90 Å². The summed E-state index contributed by atoms with van der Waals surface area (Å²) < 4.78 is 4.51. The molecule has 0 aromatic rings. The van der Waals surface area contributed by atoms with Crippen molar-refractivity contribution in [2.75, 3.05) is 0 Å². The molecule has 0 aromatic heterocycles. The van der Waals surface area contributed by atoms with Gasteiger partial charge in [0, 0.05) is 12.0 Å². The molecule has 0 spiro atoms. The van der Waals surface area contributed by atoms with E-state index >= 15 is 0 Å². The fraction of sp³-hybridized carbons (Fsp3) is 0.778. The molecule has 0 radical (unpaired) electrons. The number of carbonyl (C=O) groups excluding carboxylic acids is 1. The molecule has 1 aliphatic rings. The van der Waals surface area contributed by atoms with Crippen molar-refractivity contribution < 1.29 is 24.5 Å². The minimum absolute atomic E-state index is 0.0115. The zero-order valence-corrected chi connectivity index (χ0v) is 8.93. The minimum Gasteiger partial charge on any atom is -0.465 e. The molecule has 0 saturated carbocycles. The molecule has 86 valence electrons. The van der Waals surface area contributed by atoms with Gasteiger partial charge in [0.15, 0.2) is 0 Å². The Balaban J connectivity index is 2.91. The molecule has 0 aromatic carbocycles. The average molecular weight is 217 g/mol. The number of aliphatic hydroxyl groups excluding tert-OH is 1. The van der Waals surface area contributed by atoms with Crippen LogP contribution in [0, 0.1) is 0 Å². The molecule has 1 heterocycles. The highest BCUT2D eigenvalue weighted by atomic mass is 16.6. The number of esters is 1. The quantitative estimate of drug-likeness (QED) is 0.621. The van der Waals surface area contributed by atoms with E-state index in [9.17, 15) is 9.59 Å². The topological polar surface area (TPSA) is 87.1 Å². The van der Waals surface area contributed by atoms with Crippen LogP contribution in [0.5, 0.6) is 0 Å². The van der Waals surface area contributed by atoms with E-state index in [0.29, 0.717) is 0 Å². The smallest absolute Gasteiger partial charge is 0.408 e. The number of carboxylic acid groups (broad SMARTS) is 1. The summed E-state index contributed by atoms with van der Waals surface area (Å²) in [6.45, 7) is 5.04. The lowest BCUT2D eigenvalue weighted by Crippen LogP contribution is -2.52.